The van der Waals surface area contributed by atoms with Crippen molar-refractivity contribution in [3.8, 4) is 0 Å². The highest BCUT2D eigenvalue weighted by Gasteiger charge is 2.24. The average molecular weight is 162 g/mol. The van der Waals surface area contributed by atoms with Gasteiger partial charge < -0.3 is 5.32 Å². The number of nitrogens with zero attached hydrogens (tertiary/aromatic N) is 1. The van der Waals surface area contributed by atoms with Gasteiger partial charge in [0.1, 0.15) is 5.82 Å². The molecule has 2 rings (SSSR count). The summed E-state index contributed by atoms with van der Waals surface area (Å²) >= 11 is 0. The standard InChI is InChI=1S/C10H14N2/c1-2-11-10-5-3-4-9(12-10)8-6-7-8/h3-5,8H,2,6-7H2,1H3,(H,11,12). The molecule has 0 spiro atoms. The Hall–Kier alpha value is -1.05. The number of rotatable bonds is 3. The van der Waals surface area contributed by atoms with Gasteiger partial charge in [0.25, 0.3) is 0 Å². The lowest BCUT2D eigenvalue weighted by atomic mass is 10.2. The first-order valence-corrected chi connectivity index (χ1v) is 4.61. The Balaban J connectivity index is 2.15. The Morgan fingerprint density at radius 2 is 2.33 bits per heavy atom. The van der Waals surface area contributed by atoms with Crippen molar-refractivity contribution in [1.82, 2.24) is 4.98 Å². The molecule has 0 radical (unpaired) electrons. The van der Waals surface area contributed by atoms with Crippen LogP contribution in [0.4, 0.5) is 5.82 Å². The van der Waals surface area contributed by atoms with E-state index in [0.717, 1.165) is 18.3 Å². The van der Waals surface area contributed by atoms with Crippen molar-refractivity contribution in [2.75, 3.05) is 11.9 Å². The van der Waals surface area contributed by atoms with E-state index in [4.69, 9.17) is 0 Å². The van der Waals surface area contributed by atoms with Crippen LogP contribution in [0.5, 0.6) is 0 Å². The molecule has 1 aliphatic rings. The maximum absolute atomic E-state index is 4.51. The lowest BCUT2D eigenvalue weighted by Gasteiger charge is -2.03. The van der Waals surface area contributed by atoms with E-state index in [1.165, 1.54) is 18.5 Å². The van der Waals surface area contributed by atoms with Gasteiger partial charge in [0, 0.05) is 18.2 Å². The van der Waals surface area contributed by atoms with Gasteiger partial charge in [-0.25, -0.2) is 4.98 Å². The normalized spacial score (nSPS) is 16.1. The van der Waals surface area contributed by atoms with Gasteiger partial charge in [0.05, 0.1) is 0 Å². The van der Waals surface area contributed by atoms with Crippen molar-refractivity contribution in [3.05, 3.63) is 23.9 Å². The molecule has 12 heavy (non-hydrogen) atoms. The van der Waals surface area contributed by atoms with E-state index < -0.39 is 0 Å². The van der Waals surface area contributed by atoms with E-state index in [1.54, 1.807) is 0 Å². The highest BCUT2D eigenvalue weighted by Crippen LogP contribution is 2.39. The summed E-state index contributed by atoms with van der Waals surface area (Å²) in [5.41, 5.74) is 1.26. The highest BCUT2D eigenvalue weighted by atomic mass is 15.0. The van der Waals surface area contributed by atoms with Gasteiger partial charge in [-0.05, 0) is 31.9 Å². The van der Waals surface area contributed by atoms with Gasteiger partial charge in [-0.15, -0.1) is 0 Å². The molecule has 0 aromatic carbocycles. The first-order chi connectivity index (χ1) is 5.90. The quantitative estimate of drug-likeness (QED) is 0.738. The Labute approximate surface area is 73.0 Å². The third-order valence-corrected chi connectivity index (χ3v) is 2.12. The van der Waals surface area contributed by atoms with Gasteiger partial charge >= 0.3 is 0 Å². The highest BCUT2D eigenvalue weighted by molar-refractivity contribution is 5.36. The van der Waals surface area contributed by atoms with Crippen LogP contribution in [0.25, 0.3) is 0 Å². The van der Waals surface area contributed by atoms with Gasteiger partial charge in [-0.2, -0.15) is 0 Å². The predicted octanol–water partition coefficient (Wildman–Crippen LogP) is 2.39. The fourth-order valence-corrected chi connectivity index (χ4v) is 1.34. The van der Waals surface area contributed by atoms with Crippen LogP contribution in [0.1, 0.15) is 31.4 Å². The van der Waals surface area contributed by atoms with Crippen LogP contribution < -0.4 is 5.32 Å². The zero-order valence-electron chi connectivity index (χ0n) is 7.38. The monoisotopic (exact) mass is 162 g/mol. The summed E-state index contributed by atoms with van der Waals surface area (Å²) < 4.78 is 0. The fourth-order valence-electron chi connectivity index (χ4n) is 1.34. The molecule has 0 aliphatic heterocycles. The second kappa shape index (κ2) is 3.13. The summed E-state index contributed by atoms with van der Waals surface area (Å²) in [4.78, 5) is 4.51. The smallest absolute Gasteiger partial charge is 0.126 e. The summed E-state index contributed by atoms with van der Waals surface area (Å²) in [5, 5.41) is 3.22. The maximum Gasteiger partial charge on any atom is 0.126 e. The van der Waals surface area contributed by atoms with E-state index in [0.29, 0.717) is 0 Å². The molecular formula is C10H14N2. The molecule has 1 saturated carbocycles. The Morgan fingerprint density at radius 3 is 3.00 bits per heavy atom. The van der Waals surface area contributed by atoms with Crippen LogP contribution in [0.3, 0.4) is 0 Å². The number of anilines is 1. The number of aromatic nitrogens is 1. The van der Waals surface area contributed by atoms with Crippen LogP contribution in [0.15, 0.2) is 18.2 Å². The van der Waals surface area contributed by atoms with Crippen molar-refractivity contribution in [3.63, 3.8) is 0 Å². The summed E-state index contributed by atoms with van der Waals surface area (Å²) in [6, 6.07) is 6.23. The summed E-state index contributed by atoms with van der Waals surface area (Å²) in [5.74, 6) is 1.77. The molecular weight excluding hydrogens is 148 g/mol. The zero-order chi connectivity index (χ0) is 8.39. The third-order valence-electron chi connectivity index (χ3n) is 2.12. The van der Waals surface area contributed by atoms with E-state index in [1.807, 2.05) is 6.07 Å². The Morgan fingerprint density at radius 1 is 1.50 bits per heavy atom. The van der Waals surface area contributed by atoms with Crippen molar-refractivity contribution >= 4 is 5.82 Å². The van der Waals surface area contributed by atoms with E-state index in [2.05, 4.69) is 29.4 Å². The number of hydrogen-bond donors (Lipinski definition) is 1. The van der Waals surface area contributed by atoms with Crippen LogP contribution in [0, 0.1) is 0 Å². The van der Waals surface area contributed by atoms with Gasteiger partial charge in [-0.1, -0.05) is 6.07 Å². The molecule has 0 saturated heterocycles. The first-order valence-electron chi connectivity index (χ1n) is 4.61. The Kier molecular flexibility index (Phi) is 1.98. The molecule has 1 heterocycles. The molecule has 1 aliphatic carbocycles. The molecule has 64 valence electrons. The summed E-state index contributed by atoms with van der Waals surface area (Å²) in [6.45, 7) is 3.03. The van der Waals surface area contributed by atoms with Crippen LogP contribution in [0.2, 0.25) is 0 Å². The van der Waals surface area contributed by atoms with Gasteiger partial charge in [0.2, 0.25) is 0 Å². The summed E-state index contributed by atoms with van der Waals surface area (Å²) in [7, 11) is 0. The van der Waals surface area contributed by atoms with E-state index in [9.17, 15) is 0 Å². The molecule has 1 aromatic heterocycles. The molecule has 0 atom stereocenters. The largest absolute Gasteiger partial charge is 0.370 e. The van der Waals surface area contributed by atoms with Gasteiger partial charge in [0.15, 0.2) is 0 Å². The average Bonchev–Trinajstić information content (AvgIpc) is 2.88. The van der Waals surface area contributed by atoms with Crippen molar-refractivity contribution in [1.29, 1.82) is 0 Å². The van der Waals surface area contributed by atoms with Crippen molar-refractivity contribution < 1.29 is 0 Å². The van der Waals surface area contributed by atoms with Crippen molar-refractivity contribution in [2.45, 2.75) is 25.7 Å². The second-order valence-electron chi connectivity index (χ2n) is 3.25. The van der Waals surface area contributed by atoms with Crippen molar-refractivity contribution in [2.24, 2.45) is 0 Å². The molecule has 1 fully saturated rings. The molecule has 0 unspecified atom stereocenters. The van der Waals surface area contributed by atoms with E-state index in [-0.39, 0.29) is 0 Å². The topological polar surface area (TPSA) is 24.9 Å². The first kappa shape index (κ1) is 7.59. The minimum absolute atomic E-state index is 0.753. The number of nitrogens with one attached hydrogen (secondary N) is 1. The lowest BCUT2D eigenvalue weighted by Crippen LogP contribution is -2.00. The lowest BCUT2D eigenvalue weighted by molar-refractivity contribution is 1.01. The third kappa shape index (κ3) is 1.58. The zero-order valence-corrected chi connectivity index (χ0v) is 7.38. The maximum atomic E-state index is 4.51. The molecule has 0 amide bonds. The fraction of sp³-hybridized carbons (Fsp3) is 0.500. The molecule has 0 bridgehead atoms. The molecule has 1 N–H and O–H groups in total. The number of pyridine rings is 1. The molecule has 2 heteroatoms. The Bertz CT molecular complexity index is 266. The van der Waals surface area contributed by atoms with Gasteiger partial charge in [-0.3, -0.25) is 0 Å². The van der Waals surface area contributed by atoms with E-state index >= 15 is 0 Å². The van der Waals surface area contributed by atoms with Crippen LogP contribution in [-0.2, 0) is 0 Å². The SMILES string of the molecule is CCNc1cccc(C2CC2)n1. The van der Waals surface area contributed by atoms with Crippen LogP contribution in [-0.4, -0.2) is 11.5 Å². The summed E-state index contributed by atoms with van der Waals surface area (Å²) in [6.07, 6.45) is 2.64. The number of hydrogen-bond acceptors (Lipinski definition) is 2. The molecule has 2 nitrogen and oxygen atoms in total. The molecule has 1 aromatic rings. The minimum atomic E-state index is 0.753. The second-order valence-corrected chi connectivity index (χ2v) is 3.25. The predicted molar refractivity (Wildman–Crippen MR) is 50.4 cm³/mol. The van der Waals surface area contributed by atoms with Crippen LogP contribution >= 0.6 is 0 Å². The minimum Gasteiger partial charge on any atom is -0.370 e.